The zero-order valence-corrected chi connectivity index (χ0v) is 20.3. The summed E-state index contributed by atoms with van der Waals surface area (Å²) < 4.78 is 7.40. The quantitative estimate of drug-likeness (QED) is 0.396. The molecular weight excluding hydrogens is 442 g/mol. The second kappa shape index (κ2) is 10.4. The number of imidazole rings is 1. The number of carbonyl (C=O) groups excluding carboxylic acids is 2. The van der Waals surface area contributed by atoms with E-state index < -0.39 is 0 Å². The third-order valence-corrected chi connectivity index (χ3v) is 5.67. The second-order valence-corrected chi connectivity index (χ2v) is 8.38. The van der Waals surface area contributed by atoms with Crippen LogP contribution in [0.15, 0.2) is 60.8 Å². The largest absolute Gasteiger partial charge is 0.497 e. The molecule has 0 aliphatic carbocycles. The Morgan fingerprint density at radius 2 is 1.94 bits per heavy atom. The van der Waals surface area contributed by atoms with E-state index >= 15 is 0 Å². The number of fused-ring (bicyclic) bond motifs is 1. The van der Waals surface area contributed by atoms with E-state index in [4.69, 9.17) is 9.72 Å². The van der Waals surface area contributed by atoms with Crippen molar-refractivity contribution < 1.29 is 14.3 Å². The van der Waals surface area contributed by atoms with Gasteiger partial charge in [-0.15, -0.1) is 0 Å². The fourth-order valence-electron chi connectivity index (χ4n) is 4.19. The lowest BCUT2D eigenvalue weighted by atomic mass is 10.1. The Hall–Kier alpha value is -4.20. The molecule has 2 heterocycles. The van der Waals surface area contributed by atoms with E-state index in [1.807, 2.05) is 60.9 Å². The van der Waals surface area contributed by atoms with Gasteiger partial charge in [0.2, 0.25) is 5.91 Å². The summed E-state index contributed by atoms with van der Waals surface area (Å²) in [5.41, 5.74) is 4.07. The Kier molecular flexibility index (Phi) is 7.10. The molecule has 0 saturated heterocycles. The van der Waals surface area contributed by atoms with Gasteiger partial charge in [0.15, 0.2) is 0 Å². The van der Waals surface area contributed by atoms with Crippen LogP contribution < -0.4 is 15.4 Å². The molecule has 2 aromatic carbocycles. The second-order valence-electron chi connectivity index (χ2n) is 8.38. The van der Waals surface area contributed by atoms with Crippen LogP contribution in [-0.4, -0.2) is 39.5 Å². The topological polar surface area (TPSA) is 98.1 Å². The zero-order chi connectivity index (χ0) is 24.9. The molecule has 0 fully saturated rings. The van der Waals surface area contributed by atoms with Crippen molar-refractivity contribution in [2.75, 3.05) is 12.4 Å². The lowest BCUT2D eigenvalue weighted by Gasteiger charge is -2.16. The molecule has 0 bridgehead atoms. The standard InChI is InChI=1S/C27H29N5O3/c1-5-32-25-23(27(34)29-17(2)13-20-10-6-7-12-28-20)15-21(30-18(3)33)16-24(25)31-26(32)19-9-8-11-22(14-19)35-4/h6-12,14-17H,5,13H2,1-4H3,(H,29,34)(H,30,33)/t17-/m1/s1. The minimum Gasteiger partial charge on any atom is -0.497 e. The number of aromatic nitrogens is 3. The first-order chi connectivity index (χ1) is 16.9. The number of benzene rings is 2. The van der Waals surface area contributed by atoms with Crippen LogP contribution in [0.5, 0.6) is 5.75 Å². The van der Waals surface area contributed by atoms with Gasteiger partial charge in [-0.25, -0.2) is 4.98 Å². The van der Waals surface area contributed by atoms with Gasteiger partial charge in [-0.05, 0) is 50.2 Å². The van der Waals surface area contributed by atoms with E-state index in [0.29, 0.717) is 35.2 Å². The third kappa shape index (κ3) is 5.32. The van der Waals surface area contributed by atoms with E-state index in [-0.39, 0.29) is 17.9 Å². The number of methoxy groups -OCH3 is 1. The molecule has 0 saturated carbocycles. The first kappa shape index (κ1) is 23.9. The first-order valence-corrected chi connectivity index (χ1v) is 11.6. The van der Waals surface area contributed by atoms with Gasteiger partial charge >= 0.3 is 0 Å². The summed E-state index contributed by atoms with van der Waals surface area (Å²) in [6, 6.07) is 16.7. The summed E-state index contributed by atoms with van der Waals surface area (Å²) >= 11 is 0. The Labute approximate surface area is 204 Å². The molecule has 180 valence electrons. The number of aryl methyl sites for hydroxylation is 1. The van der Waals surface area contributed by atoms with Gasteiger partial charge in [0.25, 0.3) is 5.91 Å². The number of hydrogen-bond acceptors (Lipinski definition) is 5. The molecular formula is C27H29N5O3. The molecule has 2 amide bonds. The predicted molar refractivity (Wildman–Crippen MR) is 137 cm³/mol. The van der Waals surface area contributed by atoms with Crippen LogP contribution in [0.4, 0.5) is 5.69 Å². The van der Waals surface area contributed by atoms with Gasteiger partial charge in [0.1, 0.15) is 11.6 Å². The number of amides is 2. The van der Waals surface area contributed by atoms with Crippen molar-refractivity contribution in [3.63, 3.8) is 0 Å². The molecule has 0 unspecified atom stereocenters. The van der Waals surface area contributed by atoms with Gasteiger partial charge in [-0.1, -0.05) is 18.2 Å². The normalized spacial score (nSPS) is 11.8. The molecule has 0 radical (unpaired) electrons. The molecule has 35 heavy (non-hydrogen) atoms. The zero-order valence-electron chi connectivity index (χ0n) is 20.3. The average Bonchev–Trinajstić information content (AvgIpc) is 3.22. The van der Waals surface area contributed by atoms with E-state index in [2.05, 4.69) is 15.6 Å². The van der Waals surface area contributed by atoms with Crippen molar-refractivity contribution in [1.82, 2.24) is 19.9 Å². The van der Waals surface area contributed by atoms with E-state index in [0.717, 1.165) is 22.8 Å². The highest BCUT2D eigenvalue weighted by molar-refractivity contribution is 6.08. The van der Waals surface area contributed by atoms with Gasteiger partial charge in [0.05, 0.1) is 23.7 Å². The molecule has 4 rings (SSSR count). The monoisotopic (exact) mass is 471 g/mol. The fraction of sp³-hybridized carbons (Fsp3) is 0.259. The molecule has 0 aliphatic rings. The molecule has 2 aromatic heterocycles. The summed E-state index contributed by atoms with van der Waals surface area (Å²) in [5, 5.41) is 5.88. The number of nitrogens with zero attached hydrogens (tertiary/aromatic N) is 3. The minimum atomic E-state index is -0.238. The van der Waals surface area contributed by atoms with E-state index in [1.165, 1.54) is 6.92 Å². The summed E-state index contributed by atoms with van der Waals surface area (Å²) in [5.74, 6) is 0.981. The van der Waals surface area contributed by atoms with Crippen molar-refractivity contribution in [2.24, 2.45) is 0 Å². The molecule has 8 nitrogen and oxygen atoms in total. The van der Waals surface area contributed by atoms with Crippen LogP contribution in [0.2, 0.25) is 0 Å². The van der Waals surface area contributed by atoms with Crippen LogP contribution in [0.3, 0.4) is 0 Å². The Morgan fingerprint density at radius 1 is 1.11 bits per heavy atom. The maximum absolute atomic E-state index is 13.5. The van der Waals surface area contributed by atoms with E-state index in [1.54, 1.807) is 25.4 Å². The number of hydrogen-bond donors (Lipinski definition) is 2. The predicted octanol–water partition coefficient (Wildman–Crippen LogP) is 4.45. The van der Waals surface area contributed by atoms with Gasteiger partial charge in [-0.3, -0.25) is 14.6 Å². The van der Waals surface area contributed by atoms with Crippen molar-refractivity contribution in [2.45, 2.75) is 39.8 Å². The molecule has 4 aromatic rings. The molecule has 0 aliphatic heterocycles. The summed E-state index contributed by atoms with van der Waals surface area (Å²) in [6.45, 7) is 6.00. The van der Waals surface area contributed by atoms with Crippen molar-refractivity contribution in [3.8, 4) is 17.1 Å². The molecule has 2 N–H and O–H groups in total. The number of pyridine rings is 1. The van der Waals surface area contributed by atoms with Crippen LogP contribution in [0.1, 0.15) is 36.8 Å². The Balaban J connectivity index is 1.78. The summed E-state index contributed by atoms with van der Waals surface area (Å²) in [6.07, 6.45) is 2.34. The Morgan fingerprint density at radius 3 is 2.63 bits per heavy atom. The third-order valence-electron chi connectivity index (χ3n) is 5.67. The first-order valence-electron chi connectivity index (χ1n) is 11.6. The maximum Gasteiger partial charge on any atom is 0.253 e. The number of ether oxygens (including phenoxy) is 1. The maximum atomic E-state index is 13.5. The van der Waals surface area contributed by atoms with Crippen LogP contribution in [-0.2, 0) is 17.8 Å². The van der Waals surface area contributed by atoms with Crippen LogP contribution >= 0.6 is 0 Å². The highest BCUT2D eigenvalue weighted by Gasteiger charge is 2.22. The number of anilines is 1. The van der Waals surface area contributed by atoms with Crippen molar-refractivity contribution >= 4 is 28.5 Å². The fourth-order valence-corrected chi connectivity index (χ4v) is 4.19. The number of carbonyl (C=O) groups is 2. The van der Waals surface area contributed by atoms with Gasteiger partial charge < -0.3 is 19.9 Å². The molecule has 8 heteroatoms. The number of nitrogens with one attached hydrogen (secondary N) is 2. The molecule has 1 atom stereocenters. The lowest BCUT2D eigenvalue weighted by molar-refractivity contribution is -0.114. The van der Waals surface area contributed by atoms with Crippen LogP contribution in [0, 0.1) is 0 Å². The van der Waals surface area contributed by atoms with Gasteiger partial charge in [0, 0.05) is 49.1 Å². The Bertz CT molecular complexity index is 1360. The summed E-state index contributed by atoms with van der Waals surface area (Å²) in [4.78, 5) is 34.5. The van der Waals surface area contributed by atoms with E-state index in [9.17, 15) is 9.59 Å². The number of rotatable bonds is 8. The highest BCUT2D eigenvalue weighted by Crippen LogP contribution is 2.31. The van der Waals surface area contributed by atoms with Crippen molar-refractivity contribution in [1.29, 1.82) is 0 Å². The molecule has 0 spiro atoms. The van der Waals surface area contributed by atoms with Crippen LogP contribution in [0.25, 0.3) is 22.4 Å². The lowest BCUT2D eigenvalue weighted by Crippen LogP contribution is -2.34. The van der Waals surface area contributed by atoms with Gasteiger partial charge in [-0.2, -0.15) is 0 Å². The van der Waals surface area contributed by atoms with Crippen molar-refractivity contribution in [3.05, 3.63) is 72.1 Å². The SMILES string of the molecule is CCn1c(-c2cccc(OC)c2)nc2cc(NC(C)=O)cc(C(=O)N[C@H](C)Cc3ccccn3)c21. The minimum absolute atomic E-state index is 0.146. The highest BCUT2D eigenvalue weighted by atomic mass is 16.5. The smallest absolute Gasteiger partial charge is 0.253 e. The average molecular weight is 472 g/mol. The summed E-state index contributed by atoms with van der Waals surface area (Å²) in [7, 11) is 1.62.